The molecule has 2 aliphatic rings. The fourth-order valence-corrected chi connectivity index (χ4v) is 2.83. The third-order valence-electron chi connectivity index (χ3n) is 3.26. The van der Waals surface area contributed by atoms with E-state index in [-0.39, 0.29) is 0 Å². The first kappa shape index (κ1) is 8.55. The smallest absolute Gasteiger partial charge is 0.00995 e. The molecule has 2 bridgehead atoms. The summed E-state index contributed by atoms with van der Waals surface area (Å²) in [6, 6.07) is 1.91. The monoisotopic (exact) mass is 167 g/mol. The van der Waals surface area contributed by atoms with E-state index in [2.05, 4.69) is 25.7 Å². The molecular formula is C11H21N. The molecule has 0 aromatic carbocycles. The van der Waals surface area contributed by atoms with E-state index in [1.54, 1.807) is 0 Å². The van der Waals surface area contributed by atoms with Gasteiger partial charge in [-0.05, 0) is 31.1 Å². The molecule has 0 aromatic rings. The van der Waals surface area contributed by atoms with Crippen molar-refractivity contribution in [1.82, 2.24) is 4.90 Å². The molecule has 0 saturated carbocycles. The molecule has 2 aliphatic heterocycles. The zero-order chi connectivity index (χ0) is 8.77. The quantitative estimate of drug-likeness (QED) is 0.580. The average molecular weight is 167 g/mol. The van der Waals surface area contributed by atoms with Crippen LogP contribution in [0.5, 0.6) is 0 Å². The molecule has 0 unspecified atom stereocenters. The van der Waals surface area contributed by atoms with Gasteiger partial charge in [-0.1, -0.05) is 20.8 Å². The third kappa shape index (κ3) is 1.52. The molecule has 2 fully saturated rings. The van der Waals surface area contributed by atoms with Gasteiger partial charge in [0.05, 0.1) is 0 Å². The van der Waals surface area contributed by atoms with Crippen LogP contribution in [0.15, 0.2) is 0 Å². The molecule has 0 aliphatic carbocycles. The molecule has 0 atom stereocenters. The molecule has 1 heteroatoms. The van der Waals surface area contributed by atoms with Crippen LogP contribution in [0.25, 0.3) is 0 Å². The zero-order valence-corrected chi connectivity index (χ0v) is 8.64. The second-order valence-corrected chi connectivity index (χ2v) is 5.70. The molecule has 0 radical (unpaired) electrons. The number of rotatable bonds is 1. The van der Waals surface area contributed by atoms with E-state index in [9.17, 15) is 0 Å². The highest BCUT2D eigenvalue weighted by Crippen LogP contribution is 2.39. The fraction of sp³-hybridized carbons (Fsp3) is 1.00. The molecule has 0 spiro atoms. The minimum Gasteiger partial charge on any atom is -0.297 e. The predicted molar refractivity (Wildman–Crippen MR) is 52.2 cm³/mol. The minimum atomic E-state index is 0.491. The Labute approximate surface area is 76.1 Å². The third-order valence-corrected chi connectivity index (χ3v) is 3.26. The van der Waals surface area contributed by atoms with E-state index in [0.717, 1.165) is 12.1 Å². The van der Waals surface area contributed by atoms with Crippen LogP contribution in [-0.4, -0.2) is 23.5 Å². The number of hydrogen-bond acceptors (Lipinski definition) is 1. The summed E-state index contributed by atoms with van der Waals surface area (Å²) in [5.41, 5.74) is 0.491. The second kappa shape index (κ2) is 2.73. The molecule has 1 nitrogen and oxygen atoms in total. The van der Waals surface area contributed by atoms with Crippen molar-refractivity contribution in [2.45, 2.75) is 58.5 Å². The lowest BCUT2D eigenvalue weighted by Crippen LogP contribution is -2.36. The van der Waals surface area contributed by atoms with Gasteiger partial charge < -0.3 is 0 Å². The summed E-state index contributed by atoms with van der Waals surface area (Å²) in [6.45, 7) is 8.36. The Hall–Kier alpha value is -0.0400. The van der Waals surface area contributed by atoms with Gasteiger partial charge in [-0.15, -0.1) is 0 Å². The van der Waals surface area contributed by atoms with Crippen LogP contribution in [0.2, 0.25) is 0 Å². The lowest BCUT2D eigenvalue weighted by Gasteiger charge is -2.29. The van der Waals surface area contributed by atoms with Crippen molar-refractivity contribution in [3.63, 3.8) is 0 Å². The standard InChI is InChI=1S/C11H21N/c1-11(2,3)8-12-9-4-5-10(12)7-6-9/h9-10H,4-8H2,1-3H3/t9-,10+. The molecule has 0 N–H and O–H groups in total. The lowest BCUT2D eigenvalue weighted by molar-refractivity contribution is 0.174. The summed E-state index contributed by atoms with van der Waals surface area (Å²) in [7, 11) is 0. The summed E-state index contributed by atoms with van der Waals surface area (Å²) in [4.78, 5) is 2.76. The van der Waals surface area contributed by atoms with Crippen molar-refractivity contribution in [2.24, 2.45) is 5.41 Å². The highest BCUT2D eigenvalue weighted by molar-refractivity contribution is 4.95. The summed E-state index contributed by atoms with van der Waals surface area (Å²) in [5, 5.41) is 0. The Bertz CT molecular complexity index is 148. The first-order valence-corrected chi connectivity index (χ1v) is 5.32. The maximum Gasteiger partial charge on any atom is 0.00995 e. The van der Waals surface area contributed by atoms with Gasteiger partial charge in [-0.2, -0.15) is 0 Å². The number of hydrogen-bond donors (Lipinski definition) is 0. The van der Waals surface area contributed by atoms with E-state index in [1.807, 2.05) is 0 Å². The zero-order valence-electron chi connectivity index (χ0n) is 8.64. The Kier molecular flexibility index (Phi) is 1.95. The Balaban J connectivity index is 1.97. The largest absolute Gasteiger partial charge is 0.297 e. The van der Waals surface area contributed by atoms with Crippen LogP contribution in [0, 0.1) is 5.41 Å². The van der Waals surface area contributed by atoms with E-state index in [1.165, 1.54) is 32.2 Å². The summed E-state index contributed by atoms with van der Waals surface area (Å²) >= 11 is 0. The Morgan fingerprint density at radius 3 is 1.75 bits per heavy atom. The maximum atomic E-state index is 2.76. The SMILES string of the molecule is CC(C)(C)CN1[C@H]2CC[C@@H]1CC2. The van der Waals surface area contributed by atoms with Crippen molar-refractivity contribution in [3.05, 3.63) is 0 Å². The molecule has 2 heterocycles. The van der Waals surface area contributed by atoms with Crippen LogP contribution >= 0.6 is 0 Å². The Morgan fingerprint density at radius 2 is 1.42 bits per heavy atom. The van der Waals surface area contributed by atoms with Crippen molar-refractivity contribution in [3.8, 4) is 0 Å². The number of nitrogens with zero attached hydrogens (tertiary/aromatic N) is 1. The summed E-state index contributed by atoms with van der Waals surface area (Å²) < 4.78 is 0. The van der Waals surface area contributed by atoms with Crippen LogP contribution < -0.4 is 0 Å². The van der Waals surface area contributed by atoms with Gasteiger partial charge in [0.2, 0.25) is 0 Å². The van der Waals surface area contributed by atoms with Crippen molar-refractivity contribution in [1.29, 1.82) is 0 Å². The van der Waals surface area contributed by atoms with Gasteiger partial charge in [-0.25, -0.2) is 0 Å². The molecule has 2 rings (SSSR count). The average Bonchev–Trinajstić information content (AvgIpc) is 2.46. The van der Waals surface area contributed by atoms with Gasteiger partial charge in [0.25, 0.3) is 0 Å². The lowest BCUT2D eigenvalue weighted by atomic mass is 9.96. The van der Waals surface area contributed by atoms with Gasteiger partial charge in [-0.3, -0.25) is 4.90 Å². The minimum absolute atomic E-state index is 0.491. The topological polar surface area (TPSA) is 3.24 Å². The fourth-order valence-electron chi connectivity index (χ4n) is 2.83. The second-order valence-electron chi connectivity index (χ2n) is 5.70. The highest BCUT2D eigenvalue weighted by atomic mass is 15.2. The van der Waals surface area contributed by atoms with Crippen molar-refractivity contribution >= 4 is 0 Å². The van der Waals surface area contributed by atoms with Gasteiger partial charge in [0.15, 0.2) is 0 Å². The van der Waals surface area contributed by atoms with Gasteiger partial charge in [0.1, 0.15) is 0 Å². The normalized spacial score (nSPS) is 36.2. The van der Waals surface area contributed by atoms with Crippen LogP contribution in [0.4, 0.5) is 0 Å². The number of fused-ring (bicyclic) bond motifs is 2. The van der Waals surface area contributed by atoms with Gasteiger partial charge >= 0.3 is 0 Å². The molecule has 2 saturated heterocycles. The van der Waals surface area contributed by atoms with E-state index in [4.69, 9.17) is 0 Å². The van der Waals surface area contributed by atoms with E-state index in [0.29, 0.717) is 5.41 Å². The Morgan fingerprint density at radius 1 is 1.00 bits per heavy atom. The molecular weight excluding hydrogens is 146 g/mol. The predicted octanol–water partition coefficient (Wildman–Crippen LogP) is 2.66. The molecule has 12 heavy (non-hydrogen) atoms. The van der Waals surface area contributed by atoms with Crippen LogP contribution in [0.3, 0.4) is 0 Å². The van der Waals surface area contributed by atoms with Crippen molar-refractivity contribution in [2.75, 3.05) is 6.54 Å². The van der Waals surface area contributed by atoms with Gasteiger partial charge in [0, 0.05) is 18.6 Å². The van der Waals surface area contributed by atoms with Crippen LogP contribution in [-0.2, 0) is 0 Å². The molecule has 70 valence electrons. The summed E-state index contributed by atoms with van der Waals surface area (Å²) in [5.74, 6) is 0. The van der Waals surface area contributed by atoms with E-state index < -0.39 is 0 Å². The highest BCUT2D eigenvalue weighted by Gasteiger charge is 2.40. The first-order valence-electron chi connectivity index (χ1n) is 5.32. The first-order chi connectivity index (χ1) is 5.56. The van der Waals surface area contributed by atoms with E-state index >= 15 is 0 Å². The maximum absolute atomic E-state index is 2.76. The van der Waals surface area contributed by atoms with Crippen LogP contribution in [0.1, 0.15) is 46.5 Å². The van der Waals surface area contributed by atoms with Crippen molar-refractivity contribution < 1.29 is 0 Å². The summed E-state index contributed by atoms with van der Waals surface area (Å²) in [6.07, 6.45) is 5.89. The molecule has 0 amide bonds. The molecule has 0 aromatic heterocycles.